The van der Waals surface area contributed by atoms with E-state index in [1.54, 1.807) is 36.4 Å². The summed E-state index contributed by atoms with van der Waals surface area (Å²) in [6, 6.07) is 24.7. The number of nitrogens with zero attached hydrogens (tertiary/aromatic N) is 1. The molecule has 0 bridgehead atoms. The first kappa shape index (κ1) is 19.7. The number of rotatable bonds is 5. The van der Waals surface area contributed by atoms with Crippen molar-refractivity contribution in [3.05, 3.63) is 95.8 Å². The molecule has 0 aliphatic heterocycles. The Labute approximate surface area is 177 Å². The summed E-state index contributed by atoms with van der Waals surface area (Å²) >= 11 is 0. The number of aromatic carboxylic acids is 1. The van der Waals surface area contributed by atoms with E-state index in [9.17, 15) is 20.0 Å². The quantitative estimate of drug-likeness (QED) is 0.342. The van der Waals surface area contributed by atoms with Crippen LogP contribution in [0.5, 0.6) is 0 Å². The molecular formula is C25H16N2O4. The third-order valence-electron chi connectivity index (χ3n) is 4.71. The molecule has 1 amide bonds. The van der Waals surface area contributed by atoms with Crippen molar-refractivity contribution >= 4 is 34.4 Å². The van der Waals surface area contributed by atoms with Crippen LogP contribution in [0.2, 0.25) is 0 Å². The first-order valence-electron chi connectivity index (χ1n) is 9.39. The summed E-state index contributed by atoms with van der Waals surface area (Å²) in [5.41, 5.74) is 0.941. The zero-order chi connectivity index (χ0) is 21.8. The van der Waals surface area contributed by atoms with Gasteiger partial charge in [-0.15, -0.1) is 0 Å². The molecule has 4 aromatic rings. The number of anilines is 1. The van der Waals surface area contributed by atoms with Crippen LogP contribution in [0.4, 0.5) is 5.69 Å². The fraction of sp³-hybridized carbons (Fsp3) is 0. The first-order chi connectivity index (χ1) is 15.0. The number of carboxylic acids is 1. The van der Waals surface area contributed by atoms with E-state index in [-0.39, 0.29) is 16.9 Å². The summed E-state index contributed by atoms with van der Waals surface area (Å²) in [5, 5.41) is 23.5. The number of hydrogen-bond acceptors (Lipinski definition) is 4. The van der Waals surface area contributed by atoms with Gasteiger partial charge >= 0.3 is 5.97 Å². The second-order valence-corrected chi connectivity index (χ2v) is 6.74. The van der Waals surface area contributed by atoms with Crippen molar-refractivity contribution in [2.45, 2.75) is 0 Å². The Morgan fingerprint density at radius 2 is 1.68 bits per heavy atom. The number of furan rings is 1. The molecule has 31 heavy (non-hydrogen) atoms. The highest BCUT2D eigenvalue weighted by atomic mass is 16.4. The van der Waals surface area contributed by atoms with Crippen LogP contribution in [0.1, 0.15) is 16.1 Å². The molecule has 0 aliphatic carbocycles. The average molecular weight is 408 g/mol. The minimum absolute atomic E-state index is 0.0990. The zero-order valence-corrected chi connectivity index (χ0v) is 16.2. The van der Waals surface area contributed by atoms with Crippen LogP contribution in [-0.4, -0.2) is 17.0 Å². The monoisotopic (exact) mass is 408 g/mol. The topological polar surface area (TPSA) is 103 Å². The molecule has 0 aliphatic rings. The van der Waals surface area contributed by atoms with Gasteiger partial charge in [0.05, 0.1) is 5.56 Å². The summed E-state index contributed by atoms with van der Waals surface area (Å²) in [7, 11) is 0. The molecule has 2 N–H and O–H groups in total. The third-order valence-corrected chi connectivity index (χ3v) is 4.71. The van der Waals surface area contributed by atoms with Crippen LogP contribution in [0, 0.1) is 11.3 Å². The maximum Gasteiger partial charge on any atom is 0.336 e. The predicted molar refractivity (Wildman–Crippen MR) is 117 cm³/mol. The molecule has 0 radical (unpaired) electrons. The van der Waals surface area contributed by atoms with Gasteiger partial charge in [0.15, 0.2) is 0 Å². The second-order valence-electron chi connectivity index (χ2n) is 6.74. The molecule has 1 heterocycles. The molecular weight excluding hydrogens is 392 g/mol. The lowest BCUT2D eigenvalue weighted by Crippen LogP contribution is -2.13. The van der Waals surface area contributed by atoms with Gasteiger partial charge in [0.25, 0.3) is 5.91 Å². The first-order valence-corrected chi connectivity index (χ1v) is 9.39. The molecule has 6 heteroatoms. The lowest BCUT2D eigenvalue weighted by Gasteiger charge is -2.06. The van der Waals surface area contributed by atoms with Crippen molar-refractivity contribution in [2.24, 2.45) is 0 Å². The van der Waals surface area contributed by atoms with Crippen molar-refractivity contribution in [1.82, 2.24) is 0 Å². The summed E-state index contributed by atoms with van der Waals surface area (Å²) in [5.74, 6) is -1.05. The third kappa shape index (κ3) is 4.21. The van der Waals surface area contributed by atoms with Crippen LogP contribution < -0.4 is 5.32 Å². The van der Waals surface area contributed by atoms with E-state index in [4.69, 9.17) is 4.42 Å². The van der Waals surface area contributed by atoms with Gasteiger partial charge in [-0.1, -0.05) is 48.5 Å². The molecule has 4 rings (SSSR count). The molecule has 1 aromatic heterocycles. The van der Waals surface area contributed by atoms with Gasteiger partial charge in [-0.05, 0) is 41.1 Å². The van der Waals surface area contributed by atoms with Crippen molar-refractivity contribution in [2.75, 3.05) is 5.32 Å². The van der Waals surface area contributed by atoms with E-state index in [2.05, 4.69) is 5.32 Å². The Morgan fingerprint density at radius 1 is 0.935 bits per heavy atom. The van der Waals surface area contributed by atoms with Gasteiger partial charge < -0.3 is 14.8 Å². The molecule has 0 unspecified atom stereocenters. The Balaban J connectivity index is 1.58. The van der Waals surface area contributed by atoms with E-state index < -0.39 is 11.9 Å². The van der Waals surface area contributed by atoms with Crippen molar-refractivity contribution in [3.8, 4) is 17.4 Å². The fourth-order valence-electron chi connectivity index (χ4n) is 3.22. The van der Waals surface area contributed by atoms with Gasteiger partial charge in [0.2, 0.25) is 0 Å². The average Bonchev–Trinajstić information content (AvgIpc) is 3.25. The van der Waals surface area contributed by atoms with Crippen LogP contribution in [0.15, 0.2) is 88.9 Å². The van der Waals surface area contributed by atoms with Crippen LogP contribution in [0.3, 0.4) is 0 Å². The number of nitriles is 1. The summed E-state index contributed by atoms with van der Waals surface area (Å²) < 4.78 is 5.68. The molecule has 0 saturated carbocycles. The van der Waals surface area contributed by atoms with Crippen molar-refractivity contribution in [3.63, 3.8) is 0 Å². The molecule has 0 atom stereocenters. The van der Waals surface area contributed by atoms with E-state index in [1.165, 1.54) is 12.1 Å². The molecule has 0 spiro atoms. The predicted octanol–water partition coefficient (Wildman–Crippen LogP) is 5.34. The maximum absolute atomic E-state index is 12.6. The summed E-state index contributed by atoms with van der Waals surface area (Å²) in [6.07, 6.45) is 1.32. The summed E-state index contributed by atoms with van der Waals surface area (Å²) in [6.45, 7) is 0. The van der Waals surface area contributed by atoms with Crippen molar-refractivity contribution in [1.29, 1.82) is 5.26 Å². The molecule has 3 aromatic carbocycles. The number of fused-ring (bicyclic) bond motifs is 1. The number of benzene rings is 3. The molecule has 6 nitrogen and oxygen atoms in total. The number of amides is 1. The number of hydrogen-bond donors (Lipinski definition) is 2. The molecule has 150 valence electrons. The van der Waals surface area contributed by atoms with E-state index in [0.717, 1.165) is 10.8 Å². The molecule has 0 saturated heterocycles. The van der Waals surface area contributed by atoms with Gasteiger partial charge in [0.1, 0.15) is 23.2 Å². The van der Waals surface area contributed by atoms with E-state index >= 15 is 0 Å². The molecule has 0 fully saturated rings. The van der Waals surface area contributed by atoms with Crippen LogP contribution in [0.25, 0.3) is 28.2 Å². The van der Waals surface area contributed by atoms with Gasteiger partial charge in [-0.25, -0.2) is 4.79 Å². The van der Waals surface area contributed by atoms with Gasteiger partial charge in [-0.3, -0.25) is 4.79 Å². The van der Waals surface area contributed by atoms with Crippen LogP contribution >= 0.6 is 0 Å². The number of carboxylic acid groups (broad SMARTS) is 1. The summed E-state index contributed by atoms with van der Waals surface area (Å²) in [4.78, 5) is 24.0. The second kappa shape index (κ2) is 8.39. The number of carbonyl (C=O) groups is 2. The standard InChI is InChI=1S/C25H16N2O4/c26-15-18(24(28)27-19-10-9-16-5-1-2-6-17(16)13-19)14-20-11-12-23(31-20)21-7-3-4-8-22(21)25(29)30/h1-14H,(H,27,28)(H,29,30)/b18-14+. The normalized spacial score (nSPS) is 11.1. The Hall–Kier alpha value is -4.63. The van der Waals surface area contributed by atoms with Crippen molar-refractivity contribution < 1.29 is 19.1 Å². The Bertz CT molecular complexity index is 1380. The highest BCUT2D eigenvalue weighted by Gasteiger charge is 2.15. The van der Waals surface area contributed by atoms with E-state index in [1.807, 2.05) is 42.5 Å². The lowest BCUT2D eigenvalue weighted by atomic mass is 10.1. The highest BCUT2D eigenvalue weighted by molar-refractivity contribution is 6.10. The zero-order valence-electron chi connectivity index (χ0n) is 16.2. The van der Waals surface area contributed by atoms with Gasteiger partial charge in [0, 0.05) is 17.3 Å². The number of nitrogens with one attached hydrogen (secondary N) is 1. The van der Waals surface area contributed by atoms with Crippen LogP contribution in [-0.2, 0) is 4.79 Å². The SMILES string of the molecule is N#C/C(=C\c1ccc(-c2ccccc2C(=O)O)o1)C(=O)Nc1ccc2ccccc2c1. The van der Waals surface area contributed by atoms with Gasteiger partial charge in [-0.2, -0.15) is 5.26 Å². The smallest absolute Gasteiger partial charge is 0.336 e. The number of carbonyl (C=O) groups excluding carboxylic acids is 1. The highest BCUT2D eigenvalue weighted by Crippen LogP contribution is 2.27. The largest absolute Gasteiger partial charge is 0.478 e. The minimum atomic E-state index is -1.07. The van der Waals surface area contributed by atoms with E-state index in [0.29, 0.717) is 17.0 Å². The Kier molecular flexibility index (Phi) is 5.33. The minimum Gasteiger partial charge on any atom is -0.478 e. The maximum atomic E-state index is 12.6. The fourth-order valence-corrected chi connectivity index (χ4v) is 3.22. The Morgan fingerprint density at radius 3 is 2.45 bits per heavy atom. The lowest BCUT2D eigenvalue weighted by molar-refractivity contribution is -0.112.